The Kier molecular flexibility index (Phi) is 5.84. The van der Waals surface area contributed by atoms with Crippen LogP contribution in [0.2, 0.25) is 0 Å². The zero-order valence-electron chi connectivity index (χ0n) is 16.1. The Bertz CT molecular complexity index is 975. The maximum Gasteiger partial charge on any atom is 0.331 e. The summed E-state index contributed by atoms with van der Waals surface area (Å²) in [6, 6.07) is 15.6. The van der Waals surface area contributed by atoms with E-state index in [9.17, 15) is 9.59 Å². The van der Waals surface area contributed by atoms with Crippen molar-refractivity contribution >= 4 is 39.4 Å². The molecule has 0 amide bonds. The smallest absolute Gasteiger partial charge is 0.331 e. The first-order valence-electron chi connectivity index (χ1n) is 8.97. The van der Waals surface area contributed by atoms with Gasteiger partial charge < -0.3 is 9.64 Å². The number of halogens is 1. The van der Waals surface area contributed by atoms with Crippen LogP contribution in [0.25, 0.3) is 6.08 Å². The van der Waals surface area contributed by atoms with Gasteiger partial charge in [-0.05, 0) is 35.4 Å². The molecule has 0 aromatic heterocycles. The molecular weight excluding hydrogens is 418 g/mol. The van der Waals surface area contributed by atoms with Gasteiger partial charge in [0, 0.05) is 40.5 Å². The number of benzene rings is 2. The Morgan fingerprint density at radius 1 is 1.14 bits per heavy atom. The molecule has 0 atom stereocenters. The van der Waals surface area contributed by atoms with Crippen molar-refractivity contribution in [2.45, 2.75) is 19.3 Å². The van der Waals surface area contributed by atoms with Crippen molar-refractivity contribution in [2.75, 3.05) is 18.6 Å². The Balaban J connectivity index is 1.63. The number of anilines is 1. The third kappa shape index (κ3) is 4.25. The van der Waals surface area contributed by atoms with Gasteiger partial charge in [-0.1, -0.05) is 60.1 Å². The summed E-state index contributed by atoms with van der Waals surface area (Å²) in [4.78, 5) is 26.3. The Morgan fingerprint density at radius 2 is 1.89 bits per heavy atom. The monoisotopic (exact) mass is 439 g/mol. The molecule has 2 aromatic rings. The second-order valence-corrected chi connectivity index (χ2v) is 8.11. The standard InChI is InChI=1S/C23H22BrNO3/c1-23(2)19-9-4-5-10-20(19)25(3)21(23)14-18(26)15-28-22(27)12-11-16-7-6-8-17(24)13-16/h4-14H,15H2,1-3H3/b12-11+,21-14-. The highest BCUT2D eigenvalue weighted by Gasteiger charge is 2.38. The number of ketones is 1. The lowest BCUT2D eigenvalue weighted by molar-refractivity contribution is -0.141. The molecule has 0 bridgehead atoms. The van der Waals surface area contributed by atoms with Crippen molar-refractivity contribution in [3.8, 4) is 0 Å². The summed E-state index contributed by atoms with van der Waals surface area (Å²) in [5, 5.41) is 0. The lowest BCUT2D eigenvalue weighted by Gasteiger charge is -2.23. The van der Waals surface area contributed by atoms with E-state index in [0.29, 0.717) is 0 Å². The molecular formula is C23H22BrNO3. The molecule has 0 fully saturated rings. The van der Waals surface area contributed by atoms with Gasteiger partial charge in [-0.15, -0.1) is 0 Å². The summed E-state index contributed by atoms with van der Waals surface area (Å²) in [5.41, 5.74) is 3.73. The fourth-order valence-electron chi connectivity index (χ4n) is 3.42. The van der Waals surface area contributed by atoms with E-state index in [2.05, 4.69) is 35.8 Å². The first kappa shape index (κ1) is 20.1. The van der Waals surface area contributed by atoms with Gasteiger partial charge in [0.05, 0.1) is 0 Å². The molecule has 1 heterocycles. The Labute approximate surface area is 173 Å². The lowest BCUT2D eigenvalue weighted by atomic mass is 9.83. The summed E-state index contributed by atoms with van der Waals surface area (Å²) in [6.45, 7) is 3.88. The number of allylic oxidation sites excluding steroid dienone is 1. The third-order valence-corrected chi connectivity index (χ3v) is 5.35. The van der Waals surface area contributed by atoms with Crippen LogP contribution in [0.4, 0.5) is 5.69 Å². The summed E-state index contributed by atoms with van der Waals surface area (Å²) in [5.74, 6) is -0.791. The second kappa shape index (κ2) is 8.15. The minimum Gasteiger partial charge on any atom is -0.454 e. The van der Waals surface area contributed by atoms with Crippen molar-refractivity contribution < 1.29 is 14.3 Å². The number of esters is 1. The van der Waals surface area contributed by atoms with Crippen LogP contribution in [0.1, 0.15) is 25.0 Å². The molecule has 1 aliphatic heterocycles. The van der Waals surface area contributed by atoms with Crippen molar-refractivity contribution in [1.82, 2.24) is 0 Å². The van der Waals surface area contributed by atoms with Crippen LogP contribution in [0, 0.1) is 0 Å². The average molecular weight is 440 g/mol. The second-order valence-electron chi connectivity index (χ2n) is 7.19. The van der Waals surface area contributed by atoms with Crippen LogP contribution in [0.5, 0.6) is 0 Å². The van der Waals surface area contributed by atoms with Crippen molar-refractivity contribution in [3.63, 3.8) is 0 Å². The summed E-state index contributed by atoms with van der Waals surface area (Å²) in [7, 11) is 1.94. The number of nitrogens with zero attached hydrogens (tertiary/aromatic N) is 1. The summed E-state index contributed by atoms with van der Waals surface area (Å²) >= 11 is 3.38. The fraction of sp³-hybridized carbons (Fsp3) is 0.217. The quantitative estimate of drug-likeness (QED) is 0.491. The predicted octanol–water partition coefficient (Wildman–Crippen LogP) is 4.89. The normalized spacial score (nSPS) is 16.4. The number of carbonyl (C=O) groups excluding carboxylic acids is 2. The van der Waals surface area contributed by atoms with Crippen molar-refractivity contribution in [1.29, 1.82) is 0 Å². The molecule has 5 heteroatoms. The van der Waals surface area contributed by atoms with E-state index in [-0.39, 0.29) is 17.8 Å². The number of rotatable bonds is 5. The minimum atomic E-state index is -0.547. The number of carbonyl (C=O) groups is 2. The highest BCUT2D eigenvalue weighted by atomic mass is 79.9. The number of hydrogen-bond acceptors (Lipinski definition) is 4. The van der Waals surface area contributed by atoms with E-state index in [4.69, 9.17) is 4.74 Å². The topological polar surface area (TPSA) is 46.6 Å². The zero-order chi connectivity index (χ0) is 20.3. The van der Waals surface area contributed by atoms with E-state index in [1.807, 2.05) is 54.4 Å². The molecule has 2 aromatic carbocycles. The highest BCUT2D eigenvalue weighted by molar-refractivity contribution is 9.10. The van der Waals surface area contributed by atoms with Gasteiger partial charge in [0.2, 0.25) is 0 Å². The van der Waals surface area contributed by atoms with Gasteiger partial charge in [0.25, 0.3) is 0 Å². The molecule has 0 spiro atoms. The van der Waals surface area contributed by atoms with E-state index in [0.717, 1.165) is 21.4 Å². The zero-order valence-corrected chi connectivity index (χ0v) is 17.7. The first-order chi connectivity index (χ1) is 13.3. The molecule has 4 nitrogen and oxygen atoms in total. The minimum absolute atomic E-state index is 0.244. The molecule has 3 rings (SSSR count). The van der Waals surface area contributed by atoms with Crippen LogP contribution in [-0.4, -0.2) is 25.4 Å². The number of para-hydroxylation sites is 1. The van der Waals surface area contributed by atoms with E-state index < -0.39 is 5.97 Å². The van der Waals surface area contributed by atoms with Crippen LogP contribution >= 0.6 is 15.9 Å². The largest absolute Gasteiger partial charge is 0.454 e. The van der Waals surface area contributed by atoms with Gasteiger partial charge in [0.1, 0.15) is 0 Å². The van der Waals surface area contributed by atoms with Crippen LogP contribution in [-0.2, 0) is 19.7 Å². The molecule has 0 N–H and O–H groups in total. The predicted molar refractivity (Wildman–Crippen MR) is 115 cm³/mol. The number of hydrogen-bond donors (Lipinski definition) is 0. The van der Waals surface area contributed by atoms with Crippen molar-refractivity contribution in [3.05, 3.63) is 82.0 Å². The average Bonchev–Trinajstić information content (AvgIpc) is 2.86. The molecule has 0 aliphatic carbocycles. The molecule has 28 heavy (non-hydrogen) atoms. The lowest BCUT2D eigenvalue weighted by Crippen LogP contribution is -2.25. The molecule has 1 aliphatic rings. The Morgan fingerprint density at radius 3 is 2.61 bits per heavy atom. The van der Waals surface area contributed by atoms with Crippen LogP contribution in [0.3, 0.4) is 0 Å². The summed E-state index contributed by atoms with van der Waals surface area (Å²) < 4.78 is 6.02. The number of fused-ring (bicyclic) bond motifs is 1. The molecule has 0 saturated heterocycles. The summed E-state index contributed by atoms with van der Waals surface area (Å²) in [6.07, 6.45) is 4.55. The SMILES string of the molecule is CN1/C(=C\C(=O)COC(=O)/C=C/c2cccc(Br)c2)C(C)(C)c2ccccc21. The number of likely N-dealkylation sites (N-methyl/N-ethyl adjacent to an activating group) is 1. The highest BCUT2D eigenvalue weighted by Crippen LogP contribution is 2.46. The molecule has 0 unspecified atom stereocenters. The van der Waals surface area contributed by atoms with Gasteiger partial charge in [-0.2, -0.15) is 0 Å². The van der Waals surface area contributed by atoms with Gasteiger partial charge in [-0.25, -0.2) is 4.79 Å². The molecule has 0 saturated carbocycles. The first-order valence-corrected chi connectivity index (χ1v) is 9.77. The molecule has 144 valence electrons. The third-order valence-electron chi connectivity index (χ3n) is 4.86. The number of ether oxygens (including phenoxy) is 1. The van der Waals surface area contributed by atoms with Crippen molar-refractivity contribution in [2.24, 2.45) is 0 Å². The van der Waals surface area contributed by atoms with Crippen LogP contribution < -0.4 is 4.90 Å². The van der Waals surface area contributed by atoms with Gasteiger partial charge in [0.15, 0.2) is 12.4 Å². The fourth-order valence-corrected chi connectivity index (χ4v) is 3.83. The van der Waals surface area contributed by atoms with Crippen LogP contribution in [0.15, 0.2) is 70.9 Å². The van der Waals surface area contributed by atoms with Gasteiger partial charge in [-0.3, -0.25) is 4.79 Å². The Hall–Kier alpha value is -2.66. The van der Waals surface area contributed by atoms with E-state index in [1.165, 1.54) is 11.6 Å². The maximum absolute atomic E-state index is 12.4. The van der Waals surface area contributed by atoms with E-state index >= 15 is 0 Å². The van der Waals surface area contributed by atoms with Gasteiger partial charge >= 0.3 is 5.97 Å². The maximum atomic E-state index is 12.4. The van der Waals surface area contributed by atoms with E-state index in [1.54, 1.807) is 12.2 Å². The molecule has 0 radical (unpaired) electrons.